The zero-order valence-electron chi connectivity index (χ0n) is 15.8. The second-order valence-electron chi connectivity index (χ2n) is 7.66. The Bertz CT molecular complexity index is 765. The number of rotatable bonds is 5. The van der Waals surface area contributed by atoms with Gasteiger partial charge >= 0.3 is 0 Å². The number of amides is 1. The molecule has 26 heavy (non-hydrogen) atoms. The monoisotopic (exact) mass is 353 g/mol. The fourth-order valence-corrected chi connectivity index (χ4v) is 2.81. The van der Waals surface area contributed by atoms with Crippen LogP contribution in [0.4, 0.5) is 5.69 Å². The van der Waals surface area contributed by atoms with Gasteiger partial charge in [-0.1, -0.05) is 39.3 Å². The van der Waals surface area contributed by atoms with Crippen LogP contribution >= 0.6 is 0 Å². The van der Waals surface area contributed by atoms with Crippen LogP contribution in [0.15, 0.2) is 42.5 Å². The van der Waals surface area contributed by atoms with Gasteiger partial charge in [0.1, 0.15) is 0 Å². The molecule has 0 spiro atoms. The van der Waals surface area contributed by atoms with Crippen molar-refractivity contribution in [3.05, 3.63) is 53.6 Å². The first-order valence-corrected chi connectivity index (χ1v) is 9.27. The van der Waals surface area contributed by atoms with Crippen molar-refractivity contribution in [2.24, 2.45) is 5.41 Å². The number of nitrogens with one attached hydrogen (secondary N) is 1. The first-order valence-electron chi connectivity index (χ1n) is 9.27. The standard InChI is InChI=1S/C22H27NO3/c1-4-5-6-16-7-10-18(11-8-16)23-21(24)17-9-12-19-20(13-17)26-15-22(2,3)14-25-19/h7-13H,4-6,14-15H2,1-3H3,(H,23,24). The molecule has 4 heteroatoms. The number of benzene rings is 2. The van der Waals surface area contributed by atoms with Crippen LogP contribution < -0.4 is 14.8 Å². The van der Waals surface area contributed by atoms with Crippen LogP contribution in [-0.4, -0.2) is 19.1 Å². The van der Waals surface area contributed by atoms with Crippen LogP contribution in [0, 0.1) is 5.41 Å². The Kier molecular flexibility index (Phi) is 5.50. The molecule has 0 saturated heterocycles. The number of carbonyl (C=O) groups excluding carboxylic acids is 1. The van der Waals surface area contributed by atoms with Gasteiger partial charge in [-0.05, 0) is 48.7 Å². The van der Waals surface area contributed by atoms with E-state index in [1.807, 2.05) is 12.1 Å². The Morgan fingerprint density at radius 3 is 2.42 bits per heavy atom. The van der Waals surface area contributed by atoms with E-state index in [-0.39, 0.29) is 11.3 Å². The lowest BCUT2D eigenvalue weighted by molar-refractivity contribution is 0.102. The predicted molar refractivity (Wildman–Crippen MR) is 104 cm³/mol. The summed E-state index contributed by atoms with van der Waals surface area (Å²) in [7, 11) is 0. The third-order valence-corrected chi connectivity index (χ3v) is 4.47. The molecule has 1 N–H and O–H groups in total. The van der Waals surface area contributed by atoms with E-state index in [1.165, 1.54) is 18.4 Å². The van der Waals surface area contributed by atoms with Crippen LogP contribution in [0.2, 0.25) is 0 Å². The molecule has 2 aromatic rings. The van der Waals surface area contributed by atoms with E-state index in [1.54, 1.807) is 18.2 Å². The Hall–Kier alpha value is -2.49. The third kappa shape index (κ3) is 4.57. The number of hydrogen-bond donors (Lipinski definition) is 1. The quantitative estimate of drug-likeness (QED) is 0.815. The highest BCUT2D eigenvalue weighted by Crippen LogP contribution is 2.34. The van der Waals surface area contributed by atoms with Gasteiger partial charge in [0.2, 0.25) is 0 Å². The molecule has 2 aromatic carbocycles. The summed E-state index contributed by atoms with van der Waals surface area (Å²) >= 11 is 0. The second kappa shape index (κ2) is 7.81. The molecule has 1 heterocycles. The van der Waals surface area contributed by atoms with E-state index in [2.05, 4.69) is 38.2 Å². The SMILES string of the molecule is CCCCc1ccc(NC(=O)c2ccc3c(c2)OCC(C)(C)CO3)cc1. The number of carbonyl (C=O) groups is 1. The summed E-state index contributed by atoms with van der Waals surface area (Å²) in [6.45, 7) is 7.53. The number of anilines is 1. The molecule has 0 atom stereocenters. The van der Waals surface area contributed by atoms with Crippen molar-refractivity contribution in [3.8, 4) is 11.5 Å². The van der Waals surface area contributed by atoms with E-state index in [9.17, 15) is 4.79 Å². The minimum atomic E-state index is -0.152. The number of aryl methyl sites for hydroxylation is 1. The van der Waals surface area contributed by atoms with Crippen molar-refractivity contribution in [2.45, 2.75) is 40.0 Å². The van der Waals surface area contributed by atoms with Crippen molar-refractivity contribution < 1.29 is 14.3 Å². The van der Waals surface area contributed by atoms with Crippen LogP contribution in [0.1, 0.15) is 49.5 Å². The van der Waals surface area contributed by atoms with Gasteiger partial charge < -0.3 is 14.8 Å². The maximum Gasteiger partial charge on any atom is 0.255 e. The topological polar surface area (TPSA) is 47.6 Å². The maximum atomic E-state index is 12.6. The molecule has 0 saturated carbocycles. The fourth-order valence-electron chi connectivity index (χ4n) is 2.81. The highest BCUT2D eigenvalue weighted by Gasteiger charge is 2.25. The molecular weight excluding hydrogens is 326 g/mol. The van der Waals surface area contributed by atoms with Gasteiger partial charge in [-0.15, -0.1) is 0 Å². The van der Waals surface area contributed by atoms with Crippen molar-refractivity contribution in [3.63, 3.8) is 0 Å². The lowest BCUT2D eigenvalue weighted by atomic mass is 9.97. The van der Waals surface area contributed by atoms with E-state index < -0.39 is 0 Å². The zero-order valence-corrected chi connectivity index (χ0v) is 15.8. The Morgan fingerprint density at radius 2 is 1.73 bits per heavy atom. The van der Waals surface area contributed by atoms with Gasteiger partial charge in [0, 0.05) is 16.7 Å². The average Bonchev–Trinajstić information content (AvgIpc) is 2.79. The normalized spacial score (nSPS) is 15.2. The van der Waals surface area contributed by atoms with Crippen LogP contribution in [0.3, 0.4) is 0 Å². The molecular formula is C22H27NO3. The van der Waals surface area contributed by atoms with Gasteiger partial charge in [-0.25, -0.2) is 0 Å². The smallest absolute Gasteiger partial charge is 0.255 e. The summed E-state index contributed by atoms with van der Waals surface area (Å²) in [4.78, 5) is 12.6. The van der Waals surface area contributed by atoms with Crippen molar-refractivity contribution >= 4 is 11.6 Å². The molecule has 0 unspecified atom stereocenters. The number of fused-ring (bicyclic) bond motifs is 1. The van der Waals surface area contributed by atoms with Gasteiger partial charge in [-0.2, -0.15) is 0 Å². The maximum absolute atomic E-state index is 12.6. The van der Waals surface area contributed by atoms with Crippen LogP contribution in [0.5, 0.6) is 11.5 Å². The predicted octanol–water partition coefficient (Wildman–Crippen LogP) is 5.08. The molecule has 1 aliphatic heterocycles. The Balaban J connectivity index is 1.68. The second-order valence-corrected chi connectivity index (χ2v) is 7.66. The fraction of sp³-hybridized carbons (Fsp3) is 0.409. The average molecular weight is 353 g/mol. The van der Waals surface area contributed by atoms with E-state index in [0.29, 0.717) is 30.3 Å². The van der Waals surface area contributed by atoms with Crippen LogP contribution in [0.25, 0.3) is 0 Å². The van der Waals surface area contributed by atoms with Gasteiger partial charge in [0.05, 0.1) is 13.2 Å². The highest BCUT2D eigenvalue weighted by atomic mass is 16.5. The van der Waals surface area contributed by atoms with Gasteiger partial charge in [0.25, 0.3) is 5.91 Å². The van der Waals surface area contributed by atoms with E-state index >= 15 is 0 Å². The van der Waals surface area contributed by atoms with Crippen molar-refractivity contribution in [2.75, 3.05) is 18.5 Å². The molecule has 0 radical (unpaired) electrons. The first-order chi connectivity index (χ1) is 12.5. The van der Waals surface area contributed by atoms with E-state index in [4.69, 9.17) is 9.47 Å². The summed E-state index contributed by atoms with van der Waals surface area (Å²) in [6, 6.07) is 13.4. The van der Waals surface area contributed by atoms with Crippen LogP contribution in [-0.2, 0) is 6.42 Å². The Labute approximate surface area is 155 Å². The summed E-state index contributed by atoms with van der Waals surface area (Å²) in [5.41, 5.74) is 2.59. The van der Waals surface area contributed by atoms with E-state index in [0.717, 1.165) is 12.1 Å². The first kappa shape index (κ1) is 18.3. The lowest BCUT2D eigenvalue weighted by Crippen LogP contribution is -2.26. The molecule has 0 aromatic heterocycles. The number of ether oxygens (including phenoxy) is 2. The molecule has 0 fully saturated rings. The zero-order chi connectivity index (χ0) is 18.6. The summed E-state index contributed by atoms with van der Waals surface area (Å²) in [6.07, 6.45) is 3.43. The molecule has 3 rings (SSSR count). The lowest BCUT2D eigenvalue weighted by Gasteiger charge is -2.19. The third-order valence-electron chi connectivity index (χ3n) is 4.47. The summed E-state index contributed by atoms with van der Waals surface area (Å²) < 4.78 is 11.7. The molecule has 0 aliphatic carbocycles. The molecule has 1 amide bonds. The minimum absolute atomic E-state index is 0.0546. The van der Waals surface area contributed by atoms with Crippen molar-refractivity contribution in [1.82, 2.24) is 0 Å². The number of unbranched alkanes of at least 4 members (excludes halogenated alkanes) is 1. The molecule has 4 nitrogen and oxygen atoms in total. The highest BCUT2D eigenvalue weighted by molar-refractivity contribution is 6.04. The summed E-state index contributed by atoms with van der Waals surface area (Å²) in [5.74, 6) is 1.16. The molecule has 0 bridgehead atoms. The van der Waals surface area contributed by atoms with Gasteiger partial charge in [-0.3, -0.25) is 4.79 Å². The molecule has 138 valence electrons. The number of hydrogen-bond acceptors (Lipinski definition) is 3. The largest absolute Gasteiger partial charge is 0.489 e. The van der Waals surface area contributed by atoms with Gasteiger partial charge in [0.15, 0.2) is 11.5 Å². The minimum Gasteiger partial charge on any atom is -0.489 e. The summed E-state index contributed by atoms with van der Waals surface area (Å²) in [5, 5.41) is 2.94. The molecule has 1 aliphatic rings. The van der Waals surface area contributed by atoms with Crippen molar-refractivity contribution in [1.29, 1.82) is 0 Å². The Morgan fingerprint density at radius 1 is 1.04 bits per heavy atom.